The van der Waals surface area contributed by atoms with E-state index in [1.807, 2.05) is 12.1 Å². The molecule has 1 fully saturated rings. The summed E-state index contributed by atoms with van der Waals surface area (Å²) in [5.41, 5.74) is 6.75. The van der Waals surface area contributed by atoms with Gasteiger partial charge in [0, 0.05) is 15.9 Å². The number of aryl methyl sites for hydroxylation is 1. The lowest BCUT2D eigenvalue weighted by Gasteiger charge is -2.23. The number of imidazole rings is 1. The van der Waals surface area contributed by atoms with Gasteiger partial charge in [0.1, 0.15) is 13.2 Å². The summed E-state index contributed by atoms with van der Waals surface area (Å²) in [4.78, 5) is 14.7. The number of nitrogen functional groups attached to an aromatic ring is 1. The van der Waals surface area contributed by atoms with Crippen molar-refractivity contribution < 1.29 is 9.47 Å². The van der Waals surface area contributed by atoms with E-state index in [-0.39, 0.29) is 0 Å². The van der Waals surface area contributed by atoms with Crippen molar-refractivity contribution in [2.45, 2.75) is 35.9 Å². The van der Waals surface area contributed by atoms with Crippen molar-refractivity contribution in [3.63, 3.8) is 0 Å². The molecule has 0 spiro atoms. The van der Waals surface area contributed by atoms with Crippen LogP contribution >= 0.6 is 27.7 Å². The van der Waals surface area contributed by atoms with Gasteiger partial charge < -0.3 is 25.1 Å². The summed E-state index contributed by atoms with van der Waals surface area (Å²) >= 11 is 5.08. The van der Waals surface area contributed by atoms with E-state index in [9.17, 15) is 0 Å². The molecular weight excluding hydrogens is 468 g/mol. The van der Waals surface area contributed by atoms with Gasteiger partial charge in [0.05, 0.1) is 6.33 Å². The number of nitrogens with one attached hydrogen (secondary N) is 1. The zero-order chi connectivity index (χ0) is 20.5. The highest BCUT2D eigenvalue weighted by atomic mass is 79.9. The summed E-state index contributed by atoms with van der Waals surface area (Å²) < 4.78 is 14.3. The van der Waals surface area contributed by atoms with Crippen molar-refractivity contribution in [3.05, 3.63) is 22.9 Å². The molecule has 0 unspecified atom stereocenters. The highest BCUT2D eigenvalue weighted by Gasteiger charge is 2.22. The van der Waals surface area contributed by atoms with E-state index in [2.05, 4.69) is 35.8 Å². The second kappa shape index (κ2) is 8.60. The second-order valence-electron chi connectivity index (χ2n) is 7.51. The van der Waals surface area contributed by atoms with E-state index in [1.54, 1.807) is 6.33 Å². The molecule has 30 heavy (non-hydrogen) atoms. The maximum absolute atomic E-state index is 6.10. The number of aromatic nitrogens is 4. The van der Waals surface area contributed by atoms with Crippen LogP contribution in [0.15, 0.2) is 33.0 Å². The van der Waals surface area contributed by atoms with Crippen LogP contribution in [0.3, 0.4) is 0 Å². The molecule has 0 atom stereocenters. The van der Waals surface area contributed by atoms with Crippen LogP contribution in [0, 0.1) is 5.92 Å². The van der Waals surface area contributed by atoms with Gasteiger partial charge in [0.2, 0.25) is 0 Å². The minimum absolute atomic E-state index is 0.406. The normalized spacial score (nSPS) is 16.8. The zero-order valence-corrected chi connectivity index (χ0v) is 18.8. The molecule has 1 aromatic carbocycles. The van der Waals surface area contributed by atoms with Gasteiger partial charge in [0.15, 0.2) is 34.0 Å². The minimum Gasteiger partial charge on any atom is -0.486 e. The number of nitrogens with zero attached hydrogens (tertiary/aromatic N) is 4. The first kappa shape index (κ1) is 19.9. The Labute approximate surface area is 187 Å². The van der Waals surface area contributed by atoms with Gasteiger partial charge >= 0.3 is 0 Å². The van der Waals surface area contributed by atoms with Gasteiger partial charge in [0.25, 0.3) is 0 Å². The first-order chi connectivity index (χ1) is 14.7. The zero-order valence-electron chi connectivity index (χ0n) is 16.4. The quantitative estimate of drug-likeness (QED) is 0.560. The summed E-state index contributed by atoms with van der Waals surface area (Å²) in [6.07, 6.45) is 5.33. The highest BCUT2D eigenvalue weighted by molar-refractivity contribution is 9.10. The maximum atomic E-state index is 6.10. The molecule has 0 bridgehead atoms. The number of ether oxygens (including phenoxy) is 2. The molecular formula is C20H23BrN6O2S. The molecule has 0 aliphatic carbocycles. The van der Waals surface area contributed by atoms with Gasteiger partial charge in [-0.1, -0.05) is 0 Å². The van der Waals surface area contributed by atoms with E-state index >= 15 is 0 Å². The Kier molecular flexibility index (Phi) is 5.70. The molecule has 5 rings (SSSR count). The molecule has 10 heteroatoms. The van der Waals surface area contributed by atoms with Crippen LogP contribution in [0.2, 0.25) is 0 Å². The Morgan fingerprint density at radius 2 is 1.93 bits per heavy atom. The number of rotatable bonds is 5. The molecule has 0 amide bonds. The van der Waals surface area contributed by atoms with E-state index < -0.39 is 0 Å². The van der Waals surface area contributed by atoms with Crippen molar-refractivity contribution in [3.8, 4) is 23.0 Å². The summed E-state index contributed by atoms with van der Waals surface area (Å²) in [5.74, 6) is 3.41. The number of nitrogens with two attached hydrogens (primary N) is 1. The van der Waals surface area contributed by atoms with Crippen LogP contribution in [-0.4, -0.2) is 45.8 Å². The molecule has 4 heterocycles. The number of benzene rings is 1. The Morgan fingerprint density at radius 3 is 2.73 bits per heavy atom. The van der Waals surface area contributed by atoms with Crippen LogP contribution in [0.1, 0.15) is 19.3 Å². The van der Waals surface area contributed by atoms with Gasteiger partial charge in [-0.05, 0) is 78.1 Å². The maximum Gasteiger partial charge on any atom is 0.195 e. The number of hydrogen-bond donors (Lipinski definition) is 2. The SMILES string of the molecule is Nc1ncn(CCC2CCNCC2)c2nc(Sc3cc4c(cc3Br)OCCO4)nc1-2. The standard InChI is InChI=1S/C20H23BrN6O2S/c21-13-9-14-15(29-8-7-28-14)10-16(13)30-20-25-17-18(22)24-11-27(19(17)26-20)6-3-12-1-4-23-5-2-12/h9-12,23H,1-8,22H2. The predicted molar refractivity (Wildman–Crippen MR) is 118 cm³/mol. The number of halogens is 1. The van der Waals surface area contributed by atoms with Crippen molar-refractivity contribution in [2.75, 3.05) is 32.0 Å². The summed E-state index contributed by atoms with van der Waals surface area (Å²) in [5, 5.41) is 4.06. The summed E-state index contributed by atoms with van der Waals surface area (Å²) in [7, 11) is 0. The van der Waals surface area contributed by atoms with Crippen LogP contribution in [-0.2, 0) is 6.54 Å². The van der Waals surface area contributed by atoms with E-state index in [1.165, 1.54) is 24.6 Å². The van der Waals surface area contributed by atoms with Gasteiger partial charge in [-0.3, -0.25) is 0 Å². The Morgan fingerprint density at radius 1 is 1.17 bits per heavy atom. The average molecular weight is 491 g/mol. The predicted octanol–water partition coefficient (Wildman–Crippen LogP) is 3.43. The first-order valence-corrected chi connectivity index (χ1v) is 11.7. The number of piperidine rings is 1. The molecule has 0 saturated carbocycles. The van der Waals surface area contributed by atoms with Crippen molar-refractivity contribution in [1.29, 1.82) is 0 Å². The topological polar surface area (TPSA) is 100 Å². The molecule has 1 aromatic rings. The lowest BCUT2D eigenvalue weighted by molar-refractivity contribution is 0.171. The third-order valence-corrected chi connectivity index (χ3v) is 7.35. The minimum atomic E-state index is 0.406. The monoisotopic (exact) mass is 490 g/mol. The molecule has 4 aliphatic heterocycles. The van der Waals surface area contributed by atoms with Crippen molar-refractivity contribution in [2.24, 2.45) is 5.92 Å². The summed E-state index contributed by atoms with van der Waals surface area (Å²) in [6.45, 7) is 4.19. The third-order valence-electron chi connectivity index (χ3n) is 5.51. The van der Waals surface area contributed by atoms with Crippen molar-refractivity contribution >= 4 is 33.5 Å². The molecule has 0 radical (unpaired) electrons. The fourth-order valence-corrected chi connectivity index (χ4v) is 5.21. The Hall–Kier alpha value is -2.04. The molecule has 8 nitrogen and oxygen atoms in total. The van der Waals surface area contributed by atoms with Crippen LogP contribution < -0.4 is 20.5 Å². The Balaban J connectivity index is 1.39. The average Bonchev–Trinajstić information content (AvgIpc) is 3.19. The first-order valence-electron chi connectivity index (χ1n) is 10.1. The smallest absolute Gasteiger partial charge is 0.195 e. The van der Waals surface area contributed by atoms with Crippen molar-refractivity contribution in [1.82, 2.24) is 24.8 Å². The fourth-order valence-electron chi connectivity index (χ4n) is 3.86. The van der Waals surface area contributed by atoms with E-state index in [0.717, 1.165) is 58.7 Å². The summed E-state index contributed by atoms with van der Waals surface area (Å²) in [6, 6.07) is 3.88. The van der Waals surface area contributed by atoms with E-state index in [4.69, 9.17) is 20.2 Å². The molecule has 1 saturated heterocycles. The number of hydrogen-bond acceptors (Lipinski definition) is 8. The molecule has 0 aromatic heterocycles. The lowest BCUT2D eigenvalue weighted by Crippen LogP contribution is -2.28. The van der Waals surface area contributed by atoms with Crippen LogP contribution in [0.5, 0.6) is 11.5 Å². The molecule has 158 valence electrons. The van der Waals surface area contributed by atoms with E-state index in [0.29, 0.717) is 29.9 Å². The van der Waals surface area contributed by atoms with Gasteiger partial charge in [-0.2, -0.15) is 0 Å². The number of anilines is 1. The Bertz CT molecular complexity index is 1020. The fraction of sp³-hybridized carbons (Fsp3) is 0.450. The van der Waals surface area contributed by atoms with Crippen LogP contribution in [0.4, 0.5) is 5.82 Å². The largest absolute Gasteiger partial charge is 0.486 e. The third kappa shape index (κ3) is 4.08. The van der Waals surface area contributed by atoms with Gasteiger partial charge in [-0.25, -0.2) is 15.0 Å². The van der Waals surface area contributed by atoms with Crippen LogP contribution in [0.25, 0.3) is 11.5 Å². The molecule has 4 aliphatic rings. The molecule has 3 N–H and O–H groups in total. The van der Waals surface area contributed by atoms with Gasteiger partial charge in [-0.15, -0.1) is 0 Å². The number of fused-ring (bicyclic) bond motifs is 2. The highest BCUT2D eigenvalue weighted by Crippen LogP contribution is 2.42. The second-order valence-corrected chi connectivity index (χ2v) is 9.38. The lowest BCUT2D eigenvalue weighted by atomic mass is 9.95.